The second kappa shape index (κ2) is 15.4. The van der Waals surface area contributed by atoms with Crippen molar-refractivity contribution in [2.75, 3.05) is 13.2 Å². The van der Waals surface area contributed by atoms with E-state index in [4.69, 9.17) is 22.6 Å². The molecule has 5 heterocycles. The molecule has 2 fully saturated rings. The third kappa shape index (κ3) is 6.14. The van der Waals surface area contributed by atoms with Gasteiger partial charge in [0.15, 0.2) is 0 Å². The van der Waals surface area contributed by atoms with Crippen molar-refractivity contribution < 1.29 is 9.47 Å². The maximum atomic E-state index is 9.44. The van der Waals surface area contributed by atoms with Crippen LogP contribution in [0.5, 0.6) is 11.5 Å². The summed E-state index contributed by atoms with van der Waals surface area (Å²) in [5.41, 5.74) is 6.18. The molecule has 57 heavy (non-hydrogen) atoms. The van der Waals surface area contributed by atoms with Gasteiger partial charge in [0, 0.05) is 36.2 Å². The molecule has 286 valence electrons. The van der Waals surface area contributed by atoms with Crippen LogP contribution in [-0.2, 0) is 5.41 Å². The van der Waals surface area contributed by atoms with Crippen molar-refractivity contribution in [3.63, 3.8) is 0 Å². The monoisotopic (exact) mass is 840 g/mol. The Labute approximate surface area is 353 Å². The van der Waals surface area contributed by atoms with E-state index in [1.807, 2.05) is 52.2 Å². The molecule has 0 radical (unpaired) electrons. The van der Waals surface area contributed by atoms with E-state index in [0.717, 1.165) is 51.8 Å². The number of fused-ring (bicyclic) bond motifs is 9. The van der Waals surface area contributed by atoms with Crippen molar-refractivity contribution in [2.45, 2.75) is 96.3 Å². The fraction of sp³-hybridized carbons (Fsp3) is 0.391. The molecule has 4 aliphatic carbocycles. The first-order chi connectivity index (χ1) is 27.9. The number of nitrogens with zero attached hydrogens (tertiary/aromatic N) is 4. The predicted octanol–water partition coefficient (Wildman–Crippen LogP) is 15.1. The normalized spacial score (nSPS) is 17.5. The van der Waals surface area contributed by atoms with E-state index in [1.165, 1.54) is 90.4 Å². The van der Waals surface area contributed by atoms with Gasteiger partial charge in [-0.15, -0.1) is 56.7 Å². The molecule has 0 aromatic carbocycles. The molecular weight excluding hydrogens is 801 g/mol. The van der Waals surface area contributed by atoms with Gasteiger partial charge in [-0.3, -0.25) is 0 Å². The molecule has 11 heteroatoms. The van der Waals surface area contributed by atoms with Crippen molar-refractivity contribution in [2.24, 2.45) is 5.41 Å². The summed E-state index contributed by atoms with van der Waals surface area (Å²) in [6.45, 7) is 20.5. The van der Waals surface area contributed by atoms with E-state index < -0.39 is 0 Å². The van der Waals surface area contributed by atoms with Crippen molar-refractivity contribution in [1.82, 2.24) is 0 Å². The van der Waals surface area contributed by atoms with Crippen molar-refractivity contribution >= 4 is 98.8 Å². The van der Waals surface area contributed by atoms with Gasteiger partial charge < -0.3 is 9.47 Å². The molecule has 2 spiro atoms. The topological polar surface area (TPSA) is 74.8 Å². The third-order valence-corrected chi connectivity index (χ3v) is 18.3. The molecule has 4 aliphatic rings. The summed E-state index contributed by atoms with van der Waals surface area (Å²) in [5, 5.41) is 18.9. The number of ether oxygens (including phenoxy) is 2. The van der Waals surface area contributed by atoms with Crippen LogP contribution in [0.4, 0.5) is 0 Å². The highest BCUT2D eigenvalue weighted by Crippen LogP contribution is 2.72. The number of hydrogen-bond donors (Lipinski definition) is 0. The Bertz CT molecular complexity index is 2700. The maximum Gasteiger partial charge on any atom is 0.520 e. The van der Waals surface area contributed by atoms with Gasteiger partial charge in [-0.1, -0.05) is 58.4 Å². The average Bonchev–Trinajstić information content (AvgIpc) is 4.10. The van der Waals surface area contributed by atoms with Crippen LogP contribution in [0.15, 0.2) is 41.2 Å². The van der Waals surface area contributed by atoms with Gasteiger partial charge in [0.25, 0.3) is 0 Å². The van der Waals surface area contributed by atoms with E-state index in [1.54, 1.807) is 51.5 Å². The molecule has 0 N–H and O–H groups in total. The third-order valence-electron chi connectivity index (χ3n) is 12.0. The van der Waals surface area contributed by atoms with Crippen molar-refractivity contribution in [3.8, 4) is 33.4 Å². The zero-order chi connectivity index (χ0) is 39.3. The van der Waals surface area contributed by atoms with Crippen LogP contribution in [0.2, 0.25) is 0 Å². The molecule has 0 amide bonds. The molecule has 0 unspecified atom stereocenters. The number of allylic oxidation sites excluding steroid dienone is 5. The standard InChI is InChI=1S/C46H40N4O2S5/c1-5-17-51-32-21-29(22-36(49-3)50-4)53-39(32)31-23-30-37(46(31)15-11-8-12-16-46)42-38(45(30)13-9-7-10-14-45)43-44(57-42)41-35(56-43)24-34(55-41)40-33(52-18-6-2)20-28(54-40)19-27(25-47)26-48/h19-24H,5-18H2,1-2H3. The highest BCUT2D eigenvalue weighted by Gasteiger charge is 2.57. The van der Waals surface area contributed by atoms with E-state index in [9.17, 15) is 10.5 Å². The highest BCUT2D eigenvalue weighted by atomic mass is 32.1. The largest absolute Gasteiger partial charge is 0.520 e. The van der Waals surface area contributed by atoms with Crippen LogP contribution >= 0.6 is 56.7 Å². The minimum atomic E-state index is -0.0906. The van der Waals surface area contributed by atoms with Gasteiger partial charge in [0.2, 0.25) is 0 Å². The molecular formula is C46H40N4O2S5. The lowest BCUT2D eigenvalue weighted by molar-refractivity contribution is 0.315. The van der Waals surface area contributed by atoms with Crippen molar-refractivity contribution in [3.05, 3.63) is 89.1 Å². The van der Waals surface area contributed by atoms with E-state index in [-0.39, 0.29) is 22.2 Å². The molecule has 2 saturated carbocycles. The average molecular weight is 841 g/mol. The smallest absolute Gasteiger partial charge is 0.492 e. The van der Waals surface area contributed by atoms with Gasteiger partial charge in [-0.2, -0.15) is 20.2 Å². The SMILES string of the molecule is [C-]#[N+]C(=Cc1cc(OCCC)c(C2=CC3=C(c4sc5c(sc6cc(-c7sc(C=C(C#N)C#N)cc7OCCC)sc65)c4C34CCCCC4)C23CCCCC3)s1)[N+]#[C-]. The first kappa shape index (κ1) is 38.1. The minimum absolute atomic E-state index is 0.00427. The van der Waals surface area contributed by atoms with Crippen LogP contribution in [0, 0.1) is 41.2 Å². The summed E-state index contributed by atoms with van der Waals surface area (Å²) >= 11 is 9.12. The lowest BCUT2D eigenvalue weighted by atomic mass is 9.66. The zero-order valence-electron chi connectivity index (χ0n) is 32.0. The fourth-order valence-electron chi connectivity index (χ4n) is 9.71. The Morgan fingerprint density at radius 1 is 0.719 bits per heavy atom. The lowest BCUT2D eigenvalue weighted by Gasteiger charge is -2.39. The van der Waals surface area contributed by atoms with Crippen LogP contribution in [0.25, 0.3) is 61.5 Å². The minimum Gasteiger partial charge on any atom is -0.492 e. The quantitative estimate of drug-likeness (QED) is 0.104. The summed E-state index contributed by atoms with van der Waals surface area (Å²) in [4.78, 5) is 13.6. The molecule has 5 aromatic rings. The highest BCUT2D eigenvalue weighted by molar-refractivity contribution is 7.40. The number of nitriles is 2. The van der Waals surface area contributed by atoms with E-state index >= 15 is 0 Å². The maximum absolute atomic E-state index is 9.44. The van der Waals surface area contributed by atoms with Gasteiger partial charge >= 0.3 is 5.82 Å². The molecule has 0 saturated heterocycles. The van der Waals surface area contributed by atoms with Gasteiger partial charge in [0.05, 0.1) is 41.9 Å². The Hall–Kier alpha value is -4.46. The summed E-state index contributed by atoms with van der Waals surface area (Å²) in [7, 11) is 0. The molecule has 9 rings (SSSR count). The Morgan fingerprint density at radius 2 is 1.33 bits per heavy atom. The Balaban J connectivity index is 1.20. The molecule has 0 bridgehead atoms. The van der Waals surface area contributed by atoms with Gasteiger partial charge in [-0.25, -0.2) is 0 Å². The lowest BCUT2D eigenvalue weighted by Crippen LogP contribution is -2.28. The second-order valence-corrected chi connectivity index (χ2v) is 20.7. The summed E-state index contributed by atoms with van der Waals surface area (Å²) in [5.74, 6) is 1.79. The van der Waals surface area contributed by atoms with Crippen LogP contribution in [0.1, 0.15) is 116 Å². The Kier molecular flexibility index (Phi) is 10.3. The molecule has 0 aliphatic heterocycles. The predicted molar refractivity (Wildman–Crippen MR) is 240 cm³/mol. The molecule has 0 atom stereocenters. The fourth-order valence-corrected chi connectivity index (χ4v) is 16.6. The van der Waals surface area contributed by atoms with E-state index in [0.29, 0.717) is 13.2 Å². The number of rotatable bonds is 10. The van der Waals surface area contributed by atoms with Gasteiger partial charge in [-0.05, 0) is 85.1 Å². The molecule has 6 nitrogen and oxygen atoms in total. The zero-order valence-corrected chi connectivity index (χ0v) is 36.1. The van der Waals surface area contributed by atoms with Crippen LogP contribution in [0.3, 0.4) is 0 Å². The number of hydrogen-bond acceptors (Lipinski definition) is 9. The van der Waals surface area contributed by atoms with Gasteiger partial charge in [0.1, 0.15) is 42.4 Å². The summed E-state index contributed by atoms with van der Waals surface area (Å²) < 4.78 is 18.3. The number of thiophene rings is 5. The Morgan fingerprint density at radius 3 is 1.96 bits per heavy atom. The second-order valence-electron chi connectivity index (χ2n) is 15.4. The first-order valence-electron chi connectivity index (χ1n) is 19.9. The first-order valence-corrected chi connectivity index (χ1v) is 24.0. The van der Waals surface area contributed by atoms with E-state index in [2.05, 4.69) is 41.7 Å². The van der Waals surface area contributed by atoms with Crippen LogP contribution < -0.4 is 9.47 Å². The molecule has 5 aromatic heterocycles. The summed E-state index contributed by atoms with van der Waals surface area (Å²) in [6.07, 6.45) is 19.8. The summed E-state index contributed by atoms with van der Waals surface area (Å²) in [6, 6.07) is 10.4. The van der Waals surface area contributed by atoms with Crippen LogP contribution in [-0.4, -0.2) is 13.2 Å². The van der Waals surface area contributed by atoms with Crippen molar-refractivity contribution in [1.29, 1.82) is 10.5 Å².